The predicted molar refractivity (Wildman–Crippen MR) is 106 cm³/mol. The van der Waals surface area contributed by atoms with Crippen molar-refractivity contribution in [1.29, 1.82) is 0 Å². The van der Waals surface area contributed by atoms with Gasteiger partial charge in [0, 0.05) is 17.8 Å². The van der Waals surface area contributed by atoms with Crippen LogP contribution >= 0.6 is 22.9 Å². The Hall–Kier alpha value is -2.42. The van der Waals surface area contributed by atoms with E-state index in [1.807, 2.05) is 0 Å². The number of sulfonamides is 1. The Labute approximate surface area is 165 Å². The molecular weight excluding hydrogens is 411 g/mol. The zero-order chi connectivity index (χ0) is 19.6. The molecule has 27 heavy (non-hydrogen) atoms. The Bertz CT molecular complexity index is 1080. The number of nitrogens with one attached hydrogen (secondary N) is 1. The van der Waals surface area contributed by atoms with Crippen molar-refractivity contribution in [2.24, 2.45) is 0 Å². The van der Waals surface area contributed by atoms with Gasteiger partial charge in [-0.1, -0.05) is 17.7 Å². The average Bonchev–Trinajstić information content (AvgIpc) is 3.12. The monoisotopic (exact) mass is 424 g/mol. The van der Waals surface area contributed by atoms with Gasteiger partial charge in [-0.15, -0.1) is 11.3 Å². The van der Waals surface area contributed by atoms with Crippen LogP contribution in [0.3, 0.4) is 0 Å². The Morgan fingerprint density at radius 2 is 1.85 bits per heavy atom. The van der Waals surface area contributed by atoms with Gasteiger partial charge in [-0.05, 0) is 53.9 Å². The first-order chi connectivity index (χ1) is 12.8. The van der Waals surface area contributed by atoms with Gasteiger partial charge in [0.05, 0.1) is 5.69 Å². The first-order valence-electron chi connectivity index (χ1n) is 7.68. The van der Waals surface area contributed by atoms with Crippen LogP contribution in [-0.2, 0) is 10.0 Å². The van der Waals surface area contributed by atoms with E-state index in [4.69, 9.17) is 11.6 Å². The third-order valence-corrected chi connectivity index (χ3v) is 6.85. The fourth-order valence-corrected chi connectivity index (χ4v) is 5.04. The summed E-state index contributed by atoms with van der Waals surface area (Å²) in [5.74, 6) is -1.03. The Morgan fingerprint density at radius 1 is 1.15 bits per heavy atom. The van der Waals surface area contributed by atoms with Gasteiger partial charge in [-0.25, -0.2) is 12.8 Å². The number of carbonyl (C=O) groups excluding carboxylic acids is 1. The van der Waals surface area contributed by atoms with Crippen LogP contribution < -0.4 is 9.62 Å². The van der Waals surface area contributed by atoms with Crippen molar-refractivity contribution in [2.75, 3.05) is 16.7 Å². The maximum Gasteiger partial charge on any atom is 0.267 e. The van der Waals surface area contributed by atoms with Gasteiger partial charge < -0.3 is 5.32 Å². The number of thiophene rings is 1. The summed E-state index contributed by atoms with van der Waals surface area (Å²) >= 11 is 6.91. The van der Waals surface area contributed by atoms with E-state index >= 15 is 0 Å². The van der Waals surface area contributed by atoms with Crippen LogP contribution in [0.5, 0.6) is 0 Å². The van der Waals surface area contributed by atoms with E-state index in [9.17, 15) is 17.6 Å². The molecule has 0 spiro atoms. The fraction of sp³-hybridized carbons (Fsp3) is 0.0556. The number of nitrogens with zero attached hydrogens (tertiary/aromatic N) is 1. The number of hydrogen-bond donors (Lipinski definition) is 1. The van der Waals surface area contributed by atoms with E-state index < -0.39 is 21.7 Å². The molecule has 3 aromatic rings. The van der Waals surface area contributed by atoms with Crippen molar-refractivity contribution in [3.05, 3.63) is 75.7 Å². The molecule has 1 N–H and O–H groups in total. The van der Waals surface area contributed by atoms with Crippen LogP contribution in [0.2, 0.25) is 5.02 Å². The molecule has 3 rings (SSSR count). The van der Waals surface area contributed by atoms with Gasteiger partial charge in [0.25, 0.3) is 15.9 Å². The first kappa shape index (κ1) is 19.3. The Kier molecular flexibility index (Phi) is 5.50. The zero-order valence-corrected chi connectivity index (χ0v) is 16.4. The number of amides is 1. The third-order valence-electron chi connectivity index (χ3n) is 3.75. The molecule has 0 atom stereocenters. The normalized spacial score (nSPS) is 11.2. The molecule has 0 fully saturated rings. The minimum Gasteiger partial charge on any atom is -0.321 e. The maximum atomic E-state index is 13.1. The summed E-state index contributed by atoms with van der Waals surface area (Å²) in [6.07, 6.45) is 0. The van der Waals surface area contributed by atoms with Gasteiger partial charge in [-0.3, -0.25) is 9.10 Å². The van der Waals surface area contributed by atoms with Gasteiger partial charge in [-0.2, -0.15) is 0 Å². The van der Waals surface area contributed by atoms with Crippen LogP contribution in [0.1, 0.15) is 9.67 Å². The fourth-order valence-electron chi connectivity index (χ4n) is 2.36. The Balaban J connectivity index is 1.90. The number of rotatable bonds is 5. The van der Waals surface area contributed by atoms with Crippen molar-refractivity contribution in [3.8, 4) is 0 Å². The van der Waals surface area contributed by atoms with E-state index in [-0.39, 0.29) is 15.5 Å². The largest absolute Gasteiger partial charge is 0.321 e. The van der Waals surface area contributed by atoms with Crippen molar-refractivity contribution in [3.63, 3.8) is 0 Å². The highest BCUT2D eigenvalue weighted by Crippen LogP contribution is 2.29. The van der Waals surface area contributed by atoms with Crippen LogP contribution in [0, 0.1) is 5.82 Å². The molecule has 2 aromatic carbocycles. The molecule has 0 aliphatic rings. The molecule has 0 aliphatic carbocycles. The van der Waals surface area contributed by atoms with Crippen LogP contribution in [0.15, 0.2) is 64.9 Å². The molecule has 1 heterocycles. The third kappa shape index (κ3) is 4.13. The molecule has 140 valence electrons. The van der Waals surface area contributed by atoms with Crippen LogP contribution in [-0.4, -0.2) is 21.4 Å². The molecule has 0 saturated heterocycles. The summed E-state index contributed by atoms with van der Waals surface area (Å²) in [6.45, 7) is 0. The lowest BCUT2D eigenvalue weighted by Gasteiger charge is -2.19. The molecule has 0 saturated carbocycles. The summed E-state index contributed by atoms with van der Waals surface area (Å²) < 4.78 is 40.0. The number of carbonyl (C=O) groups is 1. The smallest absolute Gasteiger partial charge is 0.267 e. The van der Waals surface area contributed by atoms with E-state index in [1.165, 1.54) is 42.8 Å². The number of anilines is 2. The molecular formula is C18H14ClFN2O3S2. The van der Waals surface area contributed by atoms with Gasteiger partial charge >= 0.3 is 0 Å². The second-order valence-corrected chi connectivity index (χ2v) is 8.82. The average molecular weight is 425 g/mol. The lowest BCUT2D eigenvalue weighted by molar-refractivity contribution is 0.102. The second-order valence-electron chi connectivity index (χ2n) is 5.53. The topological polar surface area (TPSA) is 66.5 Å². The summed E-state index contributed by atoms with van der Waals surface area (Å²) in [5.41, 5.74) is 0.736. The standard InChI is InChI=1S/C18H14ClFN2O3S2/c1-22(15-7-5-13(20)6-8-15)27(24,25)16-9-10-26-17(16)18(23)21-14-4-2-3-12(19)11-14/h2-11H,1H3,(H,21,23). The number of hydrogen-bond acceptors (Lipinski definition) is 4. The van der Waals surface area contributed by atoms with Crippen molar-refractivity contribution >= 4 is 50.2 Å². The second kappa shape index (κ2) is 7.67. The van der Waals surface area contributed by atoms with E-state index in [2.05, 4.69) is 5.32 Å². The summed E-state index contributed by atoms with van der Waals surface area (Å²) in [7, 11) is -2.66. The molecule has 1 aromatic heterocycles. The van der Waals surface area contributed by atoms with Crippen LogP contribution in [0.4, 0.5) is 15.8 Å². The molecule has 1 amide bonds. The highest BCUT2D eigenvalue weighted by atomic mass is 35.5. The highest BCUT2D eigenvalue weighted by molar-refractivity contribution is 7.93. The lowest BCUT2D eigenvalue weighted by atomic mass is 10.3. The molecule has 0 aliphatic heterocycles. The van der Waals surface area contributed by atoms with Gasteiger partial charge in [0.15, 0.2) is 0 Å². The Morgan fingerprint density at radius 3 is 2.52 bits per heavy atom. The van der Waals surface area contributed by atoms with Crippen LogP contribution in [0.25, 0.3) is 0 Å². The summed E-state index contributed by atoms with van der Waals surface area (Å²) in [4.78, 5) is 12.5. The molecule has 9 heteroatoms. The summed E-state index contributed by atoms with van der Waals surface area (Å²) in [5, 5.41) is 4.61. The molecule has 5 nitrogen and oxygen atoms in total. The zero-order valence-electron chi connectivity index (χ0n) is 14.0. The van der Waals surface area contributed by atoms with Crippen molar-refractivity contribution in [1.82, 2.24) is 0 Å². The first-order valence-corrected chi connectivity index (χ1v) is 10.4. The molecule has 0 radical (unpaired) electrons. The highest BCUT2D eigenvalue weighted by Gasteiger charge is 2.28. The van der Waals surface area contributed by atoms with Gasteiger partial charge in [0.2, 0.25) is 0 Å². The predicted octanol–water partition coefficient (Wildman–Crippen LogP) is 4.62. The summed E-state index contributed by atoms with van der Waals surface area (Å²) in [6, 6.07) is 13.0. The molecule has 0 unspecified atom stereocenters. The van der Waals surface area contributed by atoms with Gasteiger partial charge in [0.1, 0.15) is 15.6 Å². The van der Waals surface area contributed by atoms with E-state index in [0.717, 1.165) is 15.6 Å². The quantitative estimate of drug-likeness (QED) is 0.650. The van der Waals surface area contributed by atoms with E-state index in [0.29, 0.717) is 10.7 Å². The minimum absolute atomic E-state index is 0.0453. The van der Waals surface area contributed by atoms with Crippen molar-refractivity contribution < 1.29 is 17.6 Å². The maximum absolute atomic E-state index is 13.1. The van der Waals surface area contributed by atoms with Crippen molar-refractivity contribution in [2.45, 2.75) is 4.90 Å². The minimum atomic E-state index is -4.00. The SMILES string of the molecule is CN(c1ccc(F)cc1)S(=O)(=O)c1ccsc1C(=O)Nc1cccc(Cl)c1. The lowest BCUT2D eigenvalue weighted by Crippen LogP contribution is -2.28. The van der Waals surface area contributed by atoms with E-state index in [1.54, 1.807) is 24.3 Å². The molecule has 0 bridgehead atoms. The number of halogens is 2. The number of benzene rings is 2.